The van der Waals surface area contributed by atoms with Gasteiger partial charge in [0.2, 0.25) is 0 Å². The van der Waals surface area contributed by atoms with Crippen LogP contribution >= 0.6 is 0 Å². The largest absolute Gasteiger partial charge is 0.207 e. The lowest BCUT2D eigenvalue weighted by Gasteiger charge is -2.32. The lowest BCUT2D eigenvalue weighted by molar-refractivity contribution is 0.204. The van der Waals surface area contributed by atoms with Crippen LogP contribution in [0.25, 0.3) is 0 Å². The zero-order chi connectivity index (χ0) is 16.5. The van der Waals surface area contributed by atoms with Gasteiger partial charge >= 0.3 is 0 Å². The molecule has 0 spiro atoms. The average Bonchev–Trinajstić information content (AvgIpc) is 2.57. The summed E-state index contributed by atoms with van der Waals surface area (Å²) in [6.45, 7) is 4.67. The molecule has 0 heterocycles. The Bertz CT molecular complexity index is 414. The van der Waals surface area contributed by atoms with E-state index in [1.54, 1.807) is 12.1 Å². The van der Waals surface area contributed by atoms with Crippen LogP contribution in [0.1, 0.15) is 83.6 Å². The zero-order valence-corrected chi connectivity index (χ0v) is 15.2. The third kappa shape index (κ3) is 6.65. The number of halogens is 1. The van der Waals surface area contributed by atoms with Crippen molar-refractivity contribution in [2.75, 3.05) is 0 Å². The van der Waals surface area contributed by atoms with E-state index in [4.69, 9.17) is 0 Å². The molecule has 1 saturated carbocycles. The minimum Gasteiger partial charge on any atom is -0.207 e. The van der Waals surface area contributed by atoms with Crippen molar-refractivity contribution in [3.8, 4) is 0 Å². The molecule has 1 fully saturated rings. The quantitative estimate of drug-likeness (QED) is 0.423. The van der Waals surface area contributed by atoms with Crippen LogP contribution in [0.2, 0.25) is 0 Å². The van der Waals surface area contributed by atoms with Crippen LogP contribution in [-0.4, -0.2) is 0 Å². The molecule has 23 heavy (non-hydrogen) atoms. The van der Waals surface area contributed by atoms with Gasteiger partial charge in [0.05, 0.1) is 0 Å². The molecule has 0 aromatic heterocycles. The topological polar surface area (TPSA) is 0 Å². The van der Waals surface area contributed by atoms with Crippen molar-refractivity contribution < 1.29 is 4.39 Å². The van der Waals surface area contributed by atoms with Crippen molar-refractivity contribution in [1.82, 2.24) is 0 Å². The van der Waals surface area contributed by atoms with E-state index < -0.39 is 0 Å². The fourth-order valence-corrected chi connectivity index (χ4v) is 4.24. The van der Waals surface area contributed by atoms with Crippen molar-refractivity contribution in [3.05, 3.63) is 35.6 Å². The molecule has 1 aliphatic carbocycles. The first-order valence-electron chi connectivity index (χ1n) is 9.93. The molecule has 0 saturated heterocycles. The first-order valence-corrected chi connectivity index (χ1v) is 9.93. The van der Waals surface area contributed by atoms with Gasteiger partial charge in [-0.25, -0.2) is 4.39 Å². The molecule has 0 bridgehead atoms. The van der Waals surface area contributed by atoms with Crippen molar-refractivity contribution in [2.24, 2.45) is 17.8 Å². The molecule has 1 aliphatic rings. The van der Waals surface area contributed by atoms with Crippen molar-refractivity contribution in [2.45, 2.75) is 84.5 Å². The van der Waals surface area contributed by atoms with Crippen LogP contribution in [0.4, 0.5) is 4.39 Å². The monoisotopic (exact) mass is 318 g/mol. The number of hydrogen-bond acceptors (Lipinski definition) is 0. The van der Waals surface area contributed by atoms with Gasteiger partial charge in [0.25, 0.3) is 0 Å². The Hall–Kier alpha value is -0.850. The molecular weight excluding hydrogens is 283 g/mol. The molecule has 2 rings (SSSR count). The van der Waals surface area contributed by atoms with Gasteiger partial charge in [-0.05, 0) is 54.7 Å². The molecule has 0 radical (unpaired) electrons. The van der Waals surface area contributed by atoms with E-state index in [0.717, 1.165) is 24.2 Å². The van der Waals surface area contributed by atoms with Crippen molar-refractivity contribution in [1.29, 1.82) is 0 Å². The lowest BCUT2D eigenvalue weighted by Crippen LogP contribution is -2.21. The van der Waals surface area contributed by atoms with E-state index in [-0.39, 0.29) is 5.82 Å². The van der Waals surface area contributed by atoms with Crippen molar-refractivity contribution in [3.63, 3.8) is 0 Å². The normalized spacial score (nSPS) is 22.9. The Morgan fingerprint density at radius 2 is 1.61 bits per heavy atom. The van der Waals surface area contributed by atoms with Gasteiger partial charge in [0, 0.05) is 0 Å². The number of unbranched alkanes of at least 4 members (excludes halogenated alkanes) is 4. The molecule has 1 heteroatoms. The summed E-state index contributed by atoms with van der Waals surface area (Å²) in [6.07, 6.45) is 15.3. The molecule has 1 aromatic carbocycles. The summed E-state index contributed by atoms with van der Waals surface area (Å²) in [5.41, 5.74) is 1.29. The molecule has 130 valence electrons. The van der Waals surface area contributed by atoms with E-state index in [2.05, 4.69) is 13.8 Å². The van der Waals surface area contributed by atoms with Gasteiger partial charge in [0.1, 0.15) is 5.82 Å². The first-order chi connectivity index (χ1) is 11.2. The van der Waals surface area contributed by atoms with Gasteiger partial charge in [-0.1, -0.05) is 77.3 Å². The van der Waals surface area contributed by atoms with E-state index in [9.17, 15) is 4.39 Å². The summed E-state index contributed by atoms with van der Waals surface area (Å²) in [6, 6.07) is 7.09. The molecule has 0 N–H and O–H groups in total. The Morgan fingerprint density at radius 3 is 2.26 bits per heavy atom. The standard InChI is InChI=1S/C22H35F/c1-3-4-5-6-7-8-19-9-13-21(14-10-19)18(2)17-20-11-15-22(23)16-12-20/h11-12,15-16,18-19,21H,3-10,13-14,17H2,1-2H3. The van der Waals surface area contributed by atoms with Crippen LogP contribution in [0, 0.1) is 23.6 Å². The summed E-state index contributed by atoms with van der Waals surface area (Å²) in [4.78, 5) is 0. The minimum absolute atomic E-state index is 0.124. The van der Waals surface area contributed by atoms with Gasteiger partial charge in [-0.3, -0.25) is 0 Å². The summed E-state index contributed by atoms with van der Waals surface area (Å²) < 4.78 is 13.0. The van der Waals surface area contributed by atoms with Crippen LogP contribution in [0.3, 0.4) is 0 Å². The molecule has 0 aliphatic heterocycles. The van der Waals surface area contributed by atoms with E-state index in [0.29, 0.717) is 0 Å². The third-order valence-electron chi connectivity index (χ3n) is 5.88. The van der Waals surface area contributed by atoms with Gasteiger partial charge in [-0.15, -0.1) is 0 Å². The minimum atomic E-state index is -0.124. The molecule has 0 amide bonds. The predicted molar refractivity (Wildman–Crippen MR) is 98.1 cm³/mol. The number of hydrogen-bond donors (Lipinski definition) is 0. The van der Waals surface area contributed by atoms with E-state index in [1.165, 1.54) is 69.8 Å². The molecule has 0 nitrogen and oxygen atoms in total. The third-order valence-corrected chi connectivity index (χ3v) is 5.88. The Morgan fingerprint density at radius 1 is 0.957 bits per heavy atom. The Balaban J connectivity index is 1.64. The van der Waals surface area contributed by atoms with Gasteiger partial charge in [-0.2, -0.15) is 0 Å². The highest BCUT2D eigenvalue weighted by Gasteiger charge is 2.25. The molecule has 1 atom stereocenters. The average molecular weight is 319 g/mol. The maximum absolute atomic E-state index is 13.0. The summed E-state index contributed by atoms with van der Waals surface area (Å²) >= 11 is 0. The summed E-state index contributed by atoms with van der Waals surface area (Å²) in [5.74, 6) is 2.47. The maximum Gasteiger partial charge on any atom is 0.123 e. The zero-order valence-electron chi connectivity index (χ0n) is 15.2. The number of benzene rings is 1. The van der Waals surface area contributed by atoms with Gasteiger partial charge in [0.15, 0.2) is 0 Å². The second kappa shape index (κ2) is 10.1. The Kier molecular flexibility index (Phi) is 8.12. The second-order valence-corrected chi connectivity index (χ2v) is 7.79. The number of rotatable bonds is 9. The van der Waals surface area contributed by atoms with Crippen LogP contribution in [0.15, 0.2) is 24.3 Å². The van der Waals surface area contributed by atoms with Crippen LogP contribution < -0.4 is 0 Å². The molecule has 1 aromatic rings. The SMILES string of the molecule is CCCCCCCC1CCC(C(C)Cc2ccc(F)cc2)CC1. The van der Waals surface area contributed by atoms with Gasteiger partial charge < -0.3 is 0 Å². The smallest absolute Gasteiger partial charge is 0.123 e. The van der Waals surface area contributed by atoms with Crippen molar-refractivity contribution >= 4 is 0 Å². The summed E-state index contributed by atoms with van der Waals surface area (Å²) in [5, 5.41) is 0. The van der Waals surface area contributed by atoms with Crippen LogP contribution in [-0.2, 0) is 6.42 Å². The second-order valence-electron chi connectivity index (χ2n) is 7.79. The highest BCUT2D eigenvalue weighted by molar-refractivity contribution is 5.16. The predicted octanol–water partition coefficient (Wildman–Crippen LogP) is 7.17. The highest BCUT2D eigenvalue weighted by atomic mass is 19.1. The first kappa shape index (κ1) is 18.5. The molecular formula is C22H35F. The van der Waals surface area contributed by atoms with Crippen LogP contribution in [0.5, 0.6) is 0 Å². The fourth-order valence-electron chi connectivity index (χ4n) is 4.24. The van der Waals surface area contributed by atoms with E-state index >= 15 is 0 Å². The Labute approximate surface area is 142 Å². The molecule has 1 unspecified atom stereocenters. The fraction of sp³-hybridized carbons (Fsp3) is 0.727. The van der Waals surface area contributed by atoms with E-state index in [1.807, 2.05) is 12.1 Å². The summed E-state index contributed by atoms with van der Waals surface area (Å²) in [7, 11) is 0. The lowest BCUT2D eigenvalue weighted by atomic mass is 9.73. The maximum atomic E-state index is 13.0. The highest BCUT2D eigenvalue weighted by Crippen LogP contribution is 2.36.